The maximum atomic E-state index is 12.1. The quantitative estimate of drug-likeness (QED) is 0.766. The number of hydrogen-bond acceptors (Lipinski definition) is 3. The Morgan fingerprint density at radius 3 is 2.58 bits per heavy atom. The van der Waals surface area contributed by atoms with E-state index in [0.29, 0.717) is 0 Å². The van der Waals surface area contributed by atoms with Gasteiger partial charge in [0.05, 0.1) is 12.1 Å². The van der Waals surface area contributed by atoms with Gasteiger partial charge in [-0.15, -0.1) is 0 Å². The lowest BCUT2D eigenvalue weighted by Gasteiger charge is -2.19. The van der Waals surface area contributed by atoms with Gasteiger partial charge in [-0.3, -0.25) is 14.5 Å². The van der Waals surface area contributed by atoms with Gasteiger partial charge in [-0.05, 0) is 26.1 Å². The van der Waals surface area contributed by atoms with Gasteiger partial charge in [-0.25, -0.2) is 0 Å². The standard InChI is InChI=1S/C12H15F3N2O2/c1-9(18)10-4-3-5-17(11(10)19)7-6-16(2)8-12(13,14)15/h3-5H,6-8H2,1-2H3. The molecule has 0 unspecified atom stereocenters. The van der Waals surface area contributed by atoms with E-state index in [1.165, 1.54) is 36.9 Å². The van der Waals surface area contributed by atoms with Crippen molar-refractivity contribution in [1.82, 2.24) is 9.47 Å². The summed E-state index contributed by atoms with van der Waals surface area (Å²) in [5.74, 6) is -0.358. The molecule has 4 nitrogen and oxygen atoms in total. The van der Waals surface area contributed by atoms with Gasteiger partial charge < -0.3 is 4.57 Å². The molecule has 0 aliphatic carbocycles. The predicted octanol–water partition coefficient (Wildman–Crippen LogP) is 1.55. The van der Waals surface area contributed by atoms with E-state index >= 15 is 0 Å². The Morgan fingerprint density at radius 2 is 2.05 bits per heavy atom. The second-order valence-corrected chi connectivity index (χ2v) is 4.33. The molecule has 0 aliphatic heterocycles. The molecule has 0 aromatic carbocycles. The largest absolute Gasteiger partial charge is 0.401 e. The van der Waals surface area contributed by atoms with Crippen LogP contribution in [-0.2, 0) is 6.54 Å². The van der Waals surface area contributed by atoms with Gasteiger partial charge in [-0.2, -0.15) is 13.2 Å². The van der Waals surface area contributed by atoms with Gasteiger partial charge in [0.1, 0.15) is 0 Å². The van der Waals surface area contributed by atoms with Crippen molar-refractivity contribution in [2.75, 3.05) is 20.1 Å². The normalized spacial score (nSPS) is 11.9. The summed E-state index contributed by atoms with van der Waals surface area (Å²) in [6.07, 6.45) is -2.81. The third-order valence-electron chi connectivity index (χ3n) is 2.57. The zero-order chi connectivity index (χ0) is 14.6. The van der Waals surface area contributed by atoms with Gasteiger partial charge in [0.25, 0.3) is 5.56 Å². The number of pyridine rings is 1. The van der Waals surface area contributed by atoms with Crippen molar-refractivity contribution in [3.05, 3.63) is 34.2 Å². The number of likely N-dealkylation sites (N-methyl/N-ethyl adjacent to an activating group) is 1. The molecule has 0 aliphatic rings. The molecule has 1 aromatic heterocycles. The Morgan fingerprint density at radius 1 is 1.42 bits per heavy atom. The average Bonchev–Trinajstić information content (AvgIpc) is 2.24. The topological polar surface area (TPSA) is 42.3 Å². The first-order valence-electron chi connectivity index (χ1n) is 5.66. The van der Waals surface area contributed by atoms with Crippen molar-refractivity contribution in [3.8, 4) is 0 Å². The summed E-state index contributed by atoms with van der Waals surface area (Å²) in [5, 5.41) is 0. The van der Waals surface area contributed by atoms with Crippen LogP contribution in [0.3, 0.4) is 0 Å². The monoisotopic (exact) mass is 276 g/mol. The van der Waals surface area contributed by atoms with Crippen molar-refractivity contribution < 1.29 is 18.0 Å². The lowest BCUT2D eigenvalue weighted by molar-refractivity contribution is -0.143. The molecule has 0 radical (unpaired) electrons. The molecule has 1 rings (SSSR count). The zero-order valence-corrected chi connectivity index (χ0v) is 10.7. The van der Waals surface area contributed by atoms with E-state index < -0.39 is 18.3 Å². The van der Waals surface area contributed by atoms with E-state index in [4.69, 9.17) is 0 Å². The third kappa shape index (κ3) is 4.86. The molecule has 0 spiro atoms. The highest BCUT2D eigenvalue weighted by Crippen LogP contribution is 2.15. The van der Waals surface area contributed by atoms with Gasteiger partial charge >= 0.3 is 6.18 Å². The molecule has 0 N–H and O–H groups in total. The van der Waals surface area contributed by atoms with Gasteiger partial charge in [0, 0.05) is 19.3 Å². The summed E-state index contributed by atoms with van der Waals surface area (Å²) in [6, 6.07) is 2.93. The Labute approximate surface area is 108 Å². The van der Waals surface area contributed by atoms with Gasteiger partial charge in [0.15, 0.2) is 5.78 Å². The first kappa shape index (κ1) is 15.4. The highest BCUT2D eigenvalue weighted by Gasteiger charge is 2.28. The number of rotatable bonds is 5. The number of hydrogen-bond donors (Lipinski definition) is 0. The molecule has 0 atom stereocenters. The number of halogens is 3. The van der Waals surface area contributed by atoms with Crippen LogP contribution >= 0.6 is 0 Å². The fourth-order valence-electron chi connectivity index (χ4n) is 1.64. The zero-order valence-electron chi connectivity index (χ0n) is 10.7. The fraction of sp³-hybridized carbons (Fsp3) is 0.500. The van der Waals surface area contributed by atoms with E-state index in [9.17, 15) is 22.8 Å². The number of ketones is 1. The summed E-state index contributed by atoms with van der Waals surface area (Å²) in [6.45, 7) is 0.415. The summed E-state index contributed by atoms with van der Waals surface area (Å²) in [5.41, 5.74) is -0.434. The van der Waals surface area contributed by atoms with Crippen LogP contribution in [-0.4, -0.2) is 41.6 Å². The first-order valence-corrected chi connectivity index (χ1v) is 5.66. The maximum Gasteiger partial charge on any atom is 0.401 e. The first-order chi connectivity index (χ1) is 8.70. The van der Waals surface area contributed by atoms with Crippen LogP contribution in [0.2, 0.25) is 0 Å². The Hall–Kier alpha value is -1.63. The molecule has 106 valence electrons. The Kier molecular flexibility index (Phi) is 4.88. The molecular weight excluding hydrogens is 261 g/mol. The molecule has 0 saturated carbocycles. The van der Waals surface area contributed by atoms with Crippen molar-refractivity contribution in [1.29, 1.82) is 0 Å². The number of alkyl halides is 3. The summed E-state index contributed by atoms with van der Waals surface area (Å²) < 4.78 is 37.6. The molecule has 0 fully saturated rings. The van der Waals surface area contributed by atoms with Crippen LogP contribution in [0.25, 0.3) is 0 Å². The number of carbonyl (C=O) groups excluding carboxylic acids is 1. The SMILES string of the molecule is CC(=O)c1cccn(CCN(C)CC(F)(F)F)c1=O. The second-order valence-electron chi connectivity index (χ2n) is 4.33. The smallest absolute Gasteiger partial charge is 0.314 e. The van der Waals surface area contributed by atoms with Gasteiger partial charge in [-0.1, -0.05) is 0 Å². The minimum absolute atomic E-state index is 0.0426. The summed E-state index contributed by atoms with van der Waals surface area (Å²) in [7, 11) is 1.33. The summed E-state index contributed by atoms with van der Waals surface area (Å²) >= 11 is 0. The van der Waals surface area contributed by atoms with E-state index in [0.717, 1.165) is 4.90 Å². The highest BCUT2D eigenvalue weighted by molar-refractivity contribution is 5.93. The lowest BCUT2D eigenvalue weighted by Crippen LogP contribution is -2.35. The van der Waals surface area contributed by atoms with Crippen LogP contribution in [0, 0.1) is 0 Å². The molecule has 0 bridgehead atoms. The molecule has 19 heavy (non-hydrogen) atoms. The minimum atomic E-state index is -4.26. The van der Waals surface area contributed by atoms with E-state index in [2.05, 4.69) is 0 Å². The number of Topliss-reactive ketones (excluding diaryl/α,β-unsaturated/α-hetero) is 1. The van der Waals surface area contributed by atoms with Crippen molar-refractivity contribution in [2.45, 2.75) is 19.6 Å². The lowest BCUT2D eigenvalue weighted by atomic mass is 10.2. The van der Waals surface area contributed by atoms with Crippen molar-refractivity contribution >= 4 is 5.78 Å². The Balaban J connectivity index is 2.71. The van der Waals surface area contributed by atoms with E-state index in [1.807, 2.05) is 0 Å². The molecule has 7 heteroatoms. The third-order valence-corrected chi connectivity index (χ3v) is 2.57. The second kappa shape index (κ2) is 6.01. The van der Waals surface area contributed by atoms with Crippen molar-refractivity contribution in [2.24, 2.45) is 0 Å². The van der Waals surface area contributed by atoms with Crippen LogP contribution in [0.4, 0.5) is 13.2 Å². The molecule has 0 saturated heterocycles. The fourth-order valence-corrected chi connectivity index (χ4v) is 1.64. The van der Waals surface area contributed by atoms with Crippen LogP contribution in [0.1, 0.15) is 17.3 Å². The Bertz CT molecular complexity index is 508. The van der Waals surface area contributed by atoms with E-state index in [1.54, 1.807) is 0 Å². The molecular formula is C12H15F3N2O2. The average molecular weight is 276 g/mol. The molecule has 1 aromatic rings. The van der Waals surface area contributed by atoms with Crippen LogP contribution in [0.5, 0.6) is 0 Å². The van der Waals surface area contributed by atoms with E-state index in [-0.39, 0.29) is 24.4 Å². The molecule has 0 amide bonds. The highest BCUT2D eigenvalue weighted by atomic mass is 19.4. The predicted molar refractivity (Wildman–Crippen MR) is 64.3 cm³/mol. The van der Waals surface area contributed by atoms with Crippen LogP contribution in [0.15, 0.2) is 23.1 Å². The summed E-state index contributed by atoms with van der Waals surface area (Å²) in [4.78, 5) is 24.1. The number of aromatic nitrogens is 1. The maximum absolute atomic E-state index is 12.1. The van der Waals surface area contributed by atoms with Crippen LogP contribution < -0.4 is 5.56 Å². The minimum Gasteiger partial charge on any atom is -0.314 e. The number of nitrogens with zero attached hydrogens (tertiary/aromatic N) is 2. The van der Waals surface area contributed by atoms with Crippen molar-refractivity contribution in [3.63, 3.8) is 0 Å². The number of carbonyl (C=O) groups is 1. The van der Waals surface area contributed by atoms with Gasteiger partial charge in [0.2, 0.25) is 0 Å². The molecule has 1 heterocycles.